The standard InChI is InChI=1S/C79H98N12O26S3/c1-42(2)64(86-62(93)37-90-51(39-114-25-27-120(111,112)113)30-57(73(90)102)83-61(92)18-19-63(94)95)72(101)81-43(3)70(99)82-50-14-12-49(48(29-50)13-16-58-66(96)67(97)68(98)69(117-58)75(105)106)38-115-77(107)88(23-26-119(108,109)110)22-24-116-79-33-45-28-46(34-79)32-78(31-45,40-79)41-91-44(4)54(35-80-91)52-15-17-60(85-65(52)74(103)104)89-21-20-47-8-7-9-53(55(47)36-89)71(100)87-76-84-56-10-5-6-11-59(56)118-76/h5-12,14-15,17,29,35,42-43,45-46,51,57-58,64,66-69,96-98H,13,16,18-28,30-34,36-41H2,1-4H3,(H,81,101)(H,82,99)(H,83,92)(H,86,93)(H,94,95)(H,103,104)(H,105,106)(H,84,87,100)(H,108,109,110)(H,111,112,113)/t43-,45?,46?,51-,57-,58-,64-,66-,67+,68-,69-,78?,79?/m0/s1. The molecule has 41 heteroatoms. The van der Waals surface area contributed by atoms with E-state index in [-0.39, 0.29) is 84.7 Å². The minimum absolute atomic E-state index is 0.0758. The fraction of sp³-hybridized carbons (Fsp3) is 0.532. The molecule has 11 atom stereocenters. The number of carboxylic acid groups (broad SMARTS) is 3. The van der Waals surface area contributed by atoms with E-state index in [9.17, 15) is 99.4 Å². The summed E-state index contributed by atoms with van der Waals surface area (Å²) in [6.07, 6.45) is -4.75. The quantitative estimate of drug-likeness (QED) is 0.0196. The van der Waals surface area contributed by atoms with Gasteiger partial charge in [0.25, 0.3) is 26.1 Å². The van der Waals surface area contributed by atoms with Gasteiger partial charge < -0.3 is 85.6 Å². The molecule has 0 radical (unpaired) electrons. The number of likely N-dealkylation sites (tertiary alicyclic amines) is 1. The minimum atomic E-state index is -4.66. The summed E-state index contributed by atoms with van der Waals surface area (Å²) >= 11 is 1.38. The largest absolute Gasteiger partial charge is 0.481 e. The van der Waals surface area contributed by atoms with Crippen LogP contribution in [0.4, 0.5) is 21.4 Å². The summed E-state index contributed by atoms with van der Waals surface area (Å²) in [5, 5.41) is 80.3. The molecule has 7 amide bonds. The van der Waals surface area contributed by atoms with Gasteiger partial charge in [0, 0.05) is 67.2 Å². The second-order valence-electron chi connectivity index (χ2n) is 32.2. The molecule has 4 saturated carbocycles. The average molecular weight is 1730 g/mol. The molecule has 2 saturated heterocycles. The molecule has 648 valence electrons. The molecule has 6 heterocycles. The molecule has 120 heavy (non-hydrogen) atoms. The topological polar surface area (TPSA) is 551 Å². The predicted octanol–water partition coefficient (Wildman–Crippen LogP) is 3.56. The minimum Gasteiger partial charge on any atom is -0.481 e. The summed E-state index contributed by atoms with van der Waals surface area (Å²) in [4.78, 5) is 146. The molecule has 0 spiro atoms. The van der Waals surface area contributed by atoms with E-state index in [1.807, 2.05) is 52.9 Å². The van der Waals surface area contributed by atoms with Gasteiger partial charge in [-0.2, -0.15) is 21.9 Å². The molecular formula is C79H98N12O26S3. The van der Waals surface area contributed by atoms with Crippen molar-refractivity contribution in [3.63, 3.8) is 0 Å². The van der Waals surface area contributed by atoms with Crippen LogP contribution in [0.2, 0.25) is 0 Å². The number of fused-ring (bicyclic) bond motifs is 2. The van der Waals surface area contributed by atoms with Crippen molar-refractivity contribution in [2.24, 2.45) is 23.2 Å². The first-order chi connectivity index (χ1) is 56.8. The van der Waals surface area contributed by atoms with Crippen molar-refractivity contribution in [2.45, 2.75) is 185 Å². The molecule has 4 aliphatic carbocycles. The zero-order chi connectivity index (χ0) is 86.4. The van der Waals surface area contributed by atoms with Crippen LogP contribution in [0, 0.1) is 30.1 Å². The number of carbonyl (C=O) groups excluding carboxylic acids is 7. The fourth-order valence-electron chi connectivity index (χ4n) is 17.6. The number of carbonyl (C=O) groups is 10. The van der Waals surface area contributed by atoms with Gasteiger partial charge in [0.2, 0.25) is 29.5 Å². The number of thiazole rings is 1. The molecule has 3 aromatic heterocycles. The normalized spacial score (nSPS) is 23.7. The number of amides is 7. The Hall–Kier alpha value is -10.2. The molecule has 7 aliphatic rings. The van der Waals surface area contributed by atoms with Crippen LogP contribution in [-0.4, -0.2) is 263 Å². The van der Waals surface area contributed by atoms with Crippen LogP contribution in [0.15, 0.2) is 79.0 Å². The average Bonchev–Trinajstić information content (AvgIpc) is 0.973. The van der Waals surface area contributed by atoms with Crippen LogP contribution in [-0.2, 0) is 105 Å². The smallest absolute Gasteiger partial charge is 0.410 e. The number of aromatic carboxylic acids is 1. The number of benzene rings is 3. The SMILES string of the molecule is Cc1c(-c2ccc(N3CCc4cccc(C(=O)Nc5nc6ccccc6s5)c4C3)nc2C(=O)O)cnn1CC12CC3CC(C1)CC(OCCN(CCS(=O)(=O)O)C(=O)OCc1ccc(NC(=O)[C@H](C)NC(=O)[C@@H](NC(=O)CN4C(=O)[C@@H](NC(=O)CCC(=O)O)C[C@H]4COCCS(=O)(=O)O)C(C)C)cc1CC[C@@H]1O[C@H](C(=O)O)[C@@H](O)[C@H](O)[C@H]1O)(C3)C2. The summed E-state index contributed by atoms with van der Waals surface area (Å²) in [6.45, 7) is 4.71. The van der Waals surface area contributed by atoms with E-state index >= 15 is 0 Å². The van der Waals surface area contributed by atoms with Crippen LogP contribution >= 0.6 is 11.3 Å². The Kier molecular flexibility index (Phi) is 27.8. The van der Waals surface area contributed by atoms with E-state index in [0.717, 1.165) is 56.1 Å². The molecule has 2 unspecified atom stereocenters. The third-order valence-corrected chi connectivity index (χ3v) is 25.5. The van der Waals surface area contributed by atoms with Crippen molar-refractivity contribution >= 4 is 118 Å². The summed E-state index contributed by atoms with van der Waals surface area (Å²) in [6, 6.07) is 16.1. The highest BCUT2D eigenvalue weighted by Crippen LogP contribution is 2.63. The van der Waals surface area contributed by atoms with Gasteiger partial charge >= 0.3 is 24.0 Å². The number of rotatable bonds is 37. The van der Waals surface area contributed by atoms with E-state index in [1.165, 1.54) is 36.5 Å². The van der Waals surface area contributed by atoms with Gasteiger partial charge in [0.1, 0.15) is 48.9 Å². The highest BCUT2D eigenvalue weighted by Gasteiger charge is 2.59. The Bertz CT molecular complexity index is 5090. The Morgan fingerprint density at radius 1 is 0.775 bits per heavy atom. The molecular weight excluding hydrogens is 1630 g/mol. The maximum Gasteiger partial charge on any atom is 0.410 e. The Balaban J connectivity index is 0.690. The molecule has 38 nitrogen and oxygen atoms in total. The summed E-state index contributed by atoms with van der Waals surface area (Å²) in [5.74, 6) is -9.94. The first-order valence-corrected chi connectivity index (χ1v) is 43.4. The van der Waals surface area contributed by atoms with Crippen LogP contribution in [0.1, 0.15) is 134 Å². The Morgan fingerprint density at radius 2 is 1.52 bits per heavy atom. The number of para-hydroxylation sites is 1. The summed E-state index contributed by atoms with van der Waals surface area (Å²) < 4.78 is 92.9. The second-order valence-corrected chi connectivity index (χ2v) is 36.4. The van der Waals surface area contributed by atoms with Gasteiger partial charge in [-0.3, -0.25) is 52.7 Å². The number of nitrogens with one attached hydrogen (secondary N) is 5. The highest BCUT2D eigenvalue weighted by molar-refractivity contribution is 7.86. The van der Waals surface area contributed by atoms with Gasteiger partial charge in [0.05, 0.1) is 78.5 Å². The van der Waals surface area contributed by atoms with Gasteiger partial charge in [0.15, 0.2) is 16.9 Å². The molecule has 3 aliphatic heterocycles. The maximum absolute atomic E-state index is 14.3. The number of aliphatic carboxylic acids is 2. The zero-order valence-electron chi connectivity index (χ0n) is 66.2. The number of anilines is 3. The molecule has 13 rings (SSSR count). The fourth-order valence-corrected chi connectivity index (χ4v) is 19.3. The lowest BCUT2D eigenvalue weighted by molar-refractivity contribution is -0.228. The monoisotopic (exact) mass is 1730 g/mol. The number of hydrogen-bond donors (Lipinski definition) is 13. The number of nitrogens with zero attached hydrogens (tertiary/aromatic N) is 7. The first kappa shape index (κ1) is 89.1. The number of hydrogen-bond acceptors (Lipinski definition) is 26. The number of ether oxygens (including phenoxy) is 4. The lowest BCUT2D eigenvalue weighted by atomic mass is 9.48. The van der Waals surface area contributed by atoms with Gasteiger partial charge in [-0.25, -0.2) is 24.4 Å². The number of aliphatic hydroxyl groups excluding tert-OH is 3. The predicted molar refractivity (Wildman–Crippen MR) is 428 cm³/mol. The third-order valence-electron chi connectivity index (χ3n) is 23.1. The Labute approximate surface area is 693 Å². The van der Waals surface area contributed by atoms with E-state index in [2.05, 4.69) is 31.6 Å². The van der Waals surface area contributed by atoms with Gasteiger partial charge in [-0.05, 0) is 166 Å². The highest BCUT2D eigenvalue weighted by atomic mass is 32.2. The molecule has 13 N–H and O–H groups in total. The molecule has 3 aromatic carbocycles. The number of aryl methyl sites for hydroxylation is 1. The van der Waals surface area contributed by atoms with Crippen molar-refractivity contribution in [2.75, 3.05) is 73.0 Å². The van der Waals surface area contributed by atoms with Crippen LogP contribution in [0.3, 0.4) is 0 Å². The molecule has 6 fully saturated rings. The second kappa shape index (κ2) is 37.4. The van der Waals surface area contributed by atoms with E-state index in [4.69, 9.17) is 34.1 Å². The number of aromatic nitrogens is 4. The van der Waals surface area contributed by atoms with Crippen molar-refractivity contribution in [1.29, 1.82) is 0 Å². The van der Waals surface area contributed by atoms with Crippen LogP contribution in [0.25, 0.3) is 21.3 Å². The first-order valence-electron chi connectivity index (χ1n) is 39.4. The molecule has 4 bridgehead atoms. The van der Waals surface area contributed by atoms with Gasteiger partial charge in [-0.15, -0.1) is 0 Å². The Morgan fingerprint density at radius 3 is 2.22 bits per heavy atom. The van der Waals surface area contributed by atoms with Crippen LogP contribution in [0.5, 0.6) is 0 Å². The summed E-state index contributed by atoms with van der Waals surface area (Å²) in [5.41, 5.74) is 4.20. The van der Waals surface area contributed by atoms with E-state index in [0.29, 0.717) is 73.0 Å². The zero-order valence-corrected chi connectivity index (χ0v) is 68.6. The molecule has 6 aromatic rings. The number of aliphatic hydroxyl groups is 3. The van der Waals surface area contributed by atoms with Crippen molar-refractivity contribution in [1.82, 2.24) is 45.5 Å². The lowest BCUT2D eigenvalue weighted by Crippen LogP contribution is -2.59. The lowest BCUT2D eigenvalue weighted by Gasteiger charge is -2.61. The van der Waals surface area contributed by atoms with Crippen molar-refractivity contribution in [3.8, 4) is 11.1 Å². The van der Waals surface area contributed by atoms with Gasteiger partial charge in [-0.1, -0.05) is 55.5 Å². The van der Waals surface area contributed by atoms with E-state index in [1.54, 1.807) is 38.2 Å². The number of carboxylic acids is 3. The van der Waals surface area contributed by atoms with Crippen LogP contribution < -0.4 is 31.5 Å². The van der Waals surface area contributed by atoms with Crippen molar-refractivity contribution < 1.29 is 123 Å². The summed E-state index contributed by atoms with van der Waals surface area (Å²) in [7, 11) is -9.10. The number of pyridine rings is 1. The third kappa shape index (κ3) is 21.7. The maximum atomic E-state index is 14.3. The van der Waals surface area contributed by atoms with E-state index < -0.39 is 191 Å². The van der Waals surface area contributed by atoms with Crippen molar-refractivity contribution in [3.05, 3.63) is 118 Å².